The SMILES string of the molecule is O=C(Nc1ccc2nc(-c3ccnc(C(=O)N4CCN([C@@H](c5ccccc5)c5nnn(C(F)F)n5)CC4)c3)oc2c1)C1C[C@@H]1F. The van der Waals surface area contributed by atoms with E-state index in [4.69, 9.17) is 4.42 Å². The number of piperazine rings is 1. The van der Waals surface area contributed by atoms with Crippen LogP contribution in [0.5, 0.6) is 0 Å². The number of hydrogen-bond donors (Lipinski definition) is 1. The predicted molar refractivity (Wildman–Crippen MR) is 154 cm³/mol. The summed E-state index contributed by atoms with van der Waals surface area (Å²) in [7, 11) is 0. The lowest BCUT2D eigenvalue weighted by Crippen LogP contribution is -2.50. The van der Waals surface area contributed by atoms with Gasteiger partial charge in [-0.25, -0.2) is 9.37 Å². The van der Waals surface area contributed by atoms with E-state index in [0.717, 1.165) is 5.56 Å². The summed E-state index contributed by atoms with van der Waals surface area (Å²) in [5, 5.41) is 14.0. The van der Waals surface area contributed by atoms with Gasteiger partial charge in [0.05, 0.1) is 12.0 Å². The average Bonchev–Trinajstić information content (AvgIpc) is 3.40. The summed E-state index contributed by atoms with van der Waals surface area (Å²) in [5.74, 6) is -0.831. The second kappa shape index (κ2) is 11.7. The number of tetrazole rings is 1. The number of benzene rings is 2. The van der Waals surface area contributed by atoms with Crippen molar-refractivity contribution in [3.8, 4) is 11.5 Å². The Balaban J connectivity index is 1.05. The molecule has 2 amide bonds. The number of rotatable bonds is 8. The smallest absolute Gasteiger partial charge is 0.350 e. The molecule has 1 saturated heterocycles. The second-order valence-corrected chi connectivity index (χ2v) is 10.9. The third-order valence-electron chi connectivity index (χ3n) is 7.88. The molecular formula is C30H26F3N9O3. The van der Waals surface area contributed by atoms with Crippen LogP contribution >= 0.6 is 0 Å². The van der Waals surface area contributed by atoms with Gasteiger partial charge in [0.25, 0.3) is 5.91 Å². The molecule has 1 aliphatic heterocycles. The Morgan fingerprint density at radius 2 is 1.78 bits per heavy atom. The van der Waals surface area contributed by atoms with Crippen molar-refractivity contribution in [2.75, 3.05) is 31.5 Å². The molecule has 1 unspecified atom stereocenters. The summed E-state index contributed by atoms with van der Waals surface area (Å²) in [6.07, 6.45) is 0.648. The molecule has 4 heterocycles. The van der Waals surface area contributed by atoms with E-state index < -0.39 is 24.7 Å². The highest BCUT2D eigenvalue weighted by Gasteiger charge is 2.43. The molecule has 12 nitrogen and oxygen atoms in total. The number of anilines is 1. The molecule has 2 aliphatic rings. The topological polar surface area (TPSA) is 135 Å². The van der Waals surface area contributed by atoms with E-state index in [-0.39, 0.29) is 40.4 Å². The number of nitrogens with zero attached hydrogens (tertiary/aromatic N) is 8. The van der Waals surface area contributed by atoms with Crippen LogP contribution in [0.2, 0.25) is 0 Å². The number of nitrogens with one attached hydrogen (secondary N) is 1. The molecule has 15 heteroatoms. The first-order valence-corrected chi connectivity index (χ1v) is 14.3. The lowest BCUT2D eigenvalue weighted by Gasteiger charge is -2.38. The molecule has 3 atom stereocenters. The Morgan fingerprint density at radius 1 is 1.00 bits per heavy atom. The van der Waals surface area contributed by atoms with Gasteiger partial charge in [0.15, 0.2) is 11.4 Å². The van der Waals surface area contributed by atoms with Crippen molar-refractivity contribution in [2.45, 2.75) is 25.2 Å². The maximum atomic E-state index is 13.5. The molecule has 0 bridgehead atoms. The molecule has 3 aromatic heterocycles. The maximum absolute atomic E-state index is 13.5. The van der Waals surface area contributed by atoms with Gasteiger partial charge >= 0.3 is 6.55 Å². The van der Waals surface area contributed by atoms with Gasteiger partial charge in [0, 0.05) is 49.7 Å². The Morgan fingerprint density at radius 3 is 2.49 bits per heavy atom. The zero-order chi connectivity index (χ0) is 31.1. The fraction of sp³-hybridized carbons (Fsp3) is 0.300. The first-order chi connectivity index (χ1) is 21.8. The Labute approximate surface area is 253 Å². The minimum atomic E-state index is -2.90. The van der Waals surface area contributed by atoms with E-state index in [2.05, 4.69) is 30.7 Å². The number of oxazole rings is 1. The van der Waals surface area contributed by atoms with Gasteiger partial charge in [-0.05, 0) is 41.5 Å². The normalized spacial score (nSPS) is 19.2. The molecule has 0 spiro atoms. The minimum absolute atomic E-state index is 0.153. The lowest BCUT2D eigenvalue weighted by molar-refractivity contribution is -0.117. The number of pyridine rings is 1. The maximum Gasteiger partial charge on any atom is 0.350 e. The lowest BCUT2D eigenvalue weighted by atomic mass is 10.0. The number of fused-ring (bicyclic) bond motifs is 1. The van der Waals surface area contributed by atoms with Gasteiger partial charge in [-0.15, -0.1) is 10.2 Å². The fourth-order valence-corrected chi connectivity index (χ4v) is 5.41. The van der Waals surface area contributed by atoms with Crippen LogP contribution in [0.3, 0.4) is 0 Å². The quantitative estimate of drug-likeness (QED) is 0.273. The Hall–Kier alpha value is -5.18. The zero-order valence-electron chi connectivity index (χ0n) is 23.6. The number of alkyl halides is 3. The van der Waals surface area contributed by atoms with Crippen molar-refractivity contribution in [1.82, 2.24) is 40.0 Å². The number of halogens is 3. The predicted octanol–water partition coefficient (Wildman–Crippen LogP) is 4.12. The fourth-order valence-electron chi connectivity index (χ4n) is 5.41. The van der Waals surface area contributed by atoms with E-state index in [9.17, 15) is 22.8 Å². The van der Waals surface area contributed by atoms with Crippen LogP contribution in [-0.2, 0) is 4.79 Å². The third-order valence-corrected chi connectivity index (χ3v) is 7.88. The largest absolute Gasteiger partial charge is 0.436 e. The van der Waals surface area contributed by atoms with Crippen LogP contribution < -0.4 is 5.32 Å². The van der Waals surface area contributed by atoms with Crippen molar-refractivity contribution >= 4 is 28.6 Å². The number of amides is 2. The third kappa shape index (κ3) is 5.85. The van der Waals surface area contributed by atoms with Crippen molar-refractivity contribution < 1.29 is 27.2 Å². The summed E-state index contributed by atoms with van der Waals surface area (Å²) in [6, 6.07) is 17.1. The van der Waals surface area contributed by atoms with Crippen molar-refractivity contribution in [2.24, 2.45) is 5.92 Å². The van der Waals surface area contributed by atoms with Crippen molar-refractivity contribution in [1.29, 1.82) is 0 Å². The van der Waals surface area contributed by atoms with Gasteiger partial charge in [-0.3, -0.25) is 19.5 Å². The Bertz CT molecular complexity index is 1860. The molecule has 7 rings (SSSR count). The van der Waals surface area contributed by atoms with Crippen molar-refractivity contribution in [3.63, 3.8) is 0 Å². The van der Waals surface area contributed by atoms with E-state index in [1.54, 1.807) is 35.2 Å². The first-order valence-electron chi connectivity index (χ1n) is 14.3. The zero-order valence-corrected chi connectivity index (χ0v) is 23.6. The van der Waals surface area contributed by atoms with Crippen LogP contribution in [0.4, 0.5) is 18.9 Å². The number of aromatic nitrogens is 6. The summed E-state index contributed by atoms with van der Waals surface area (Å²) in [6.45, 7) is -1.31. The van der Waals surface area contributed by atoms with Crippen LogP contribution in [-0.4, -0.2) is 84.1 Å². The summed E-state index contributed by atoms with van der Waals surface area (Å²) < 4.78 is 45.5. The Kier molecular flexibility index (Phi) is 7.45. The highest BCUT2D eigenvalue weighted by molar-refractivity contribution is 5.96. The van der Waals surface area contributed by atoms with E-state index in [0.29, 0.717) is 48.5 Å². The van der Waals surface area contributed by atoms with Crippen molar-refractivity contribution in [3.05, 3.63) is 83.9 Å². The van der Waals surface area contributed by atoms with Gasteiger partial charge in [0.2, 0.25) is 11.8 Å². The highest BCUT2D eigenvalue weighted by atomic mass is 19.3. The summed E-state index contributed by atoms with van der Waals surface area (Å²) >= 11 is 0. The van der Waals surface area contributed by atoms with Crippen LogP contribution in [0.25, 0.3) is 22.6 Å². The monoisotopic (exact) mass is 617 g/mol. The molecule has 1 aliphatic carbocycles. The number of carbonyl (C=O) groups is 2. The minimum Gasteiger partial charge on any atom is -0.436 e. The summed E-state index contributed by atoms with van der Waals surface area (Å²) in [5.41, 5.74) is 3.03. The average molecular weight is 618 g/mol. The van der Waals surface area contributed by atoms with Gasteiger partial charge in [-0.2, -0.15) is 8.78 Å². The number of carbonyl (C=O) groups excluding carboxylic acids is 2. The standard InChI is InChI=1S/C30H26F3N9O3/c31-21-16-20(21)27(43)35-19-6-7-22-24(15-19)45-28(36-22)18-8-9-34-23(14-18)29(44)41-12-10-40(11-13-41)25(17-4-2-1-3-5-17)26-37-39-42(38-26)30(32)33/h1-9,14-15,20-21,25,30H,10-13,16H2,(H,35,43)/t20?,21-,25-/m0/s1. The second-order valence-electron chi connectivity index (χ2n) is 10.9. The molecule has 1 N–H and O–H groups in total. The van der Waals surface area contributed by atoms with Gasteiger partial charge in [-0.1, -0.05) is 35.1 Å². The van der Waals surface area contributed by atoms with Gasteiger partial charge in [0.1, 0.15) is 17.4 Å². The molecule has 5 aromatic rings. The van der Waals surface area contributed by atoms with Crippen LogP contribution in [0.15, 0.2) is 71.3 Å². The first kappa shape index (κ1) is 28.6. The molecule has 230 valence electrons. The molecule has 2 aromatic carbocycles. The number of hydrogen-bond acceptors (Lipinski definition) is 9. The molecule has 0 radical (unpaired) electrons. The van der Waals surface area contributed by atoms with Crippen LogP contribution in [0, 0.1) is 5.92 Å². The highest BCUT2D eigenvalue weighted by Crippen LogP contribution is 2.35. The molecule has 2 fully saturated rings. The van der Waals surface area contributed by atoms with E-state index >= 15 is 0 Å². The van der Waals surface area contributed by atoms with Gasteiger partial charge < -0.3 is 14.6 Å². The molecule has 1 saturated carbocycles. The van der Waals surface area contributed by atoms with E-state index in [1.165, 1.54) is 6.20 Å². The molecule has 45 heavy (non-hydrogen) atoms. The summed E-state index contributed by atoms with van der Waals surface area (Å²) in [4.78, 5) is 38.4. The van der Waals surface area contributed by atoms with E-state index in [1.807, 2.05) is 35.2 Å². The van der Waals surface area contributed by atoms with Crippen LogP contribution in [0.1, 0.15) is 40.9 Å². The molecular weight excluding hydrogens is 591 g/mol.